The first-order valence-corrected chi connectivity index (χ1v) is 11.1. The third-order valence-electron chi connectivity index (χ3n) is 4.53. The summed E-state index contributed by atoms with van der Waals surface area (Å²) in [7, 11) is -2.23. The number of benzene rings is 2. The van der Waals surface area contributed by atoms with E-state index in [9.17, 15) is 13.2 Å². The maximum atomic E-state index is 12.4. The number of anilines is 1. The van der Waals surface area contributed by atoms with Crippen LogP contribution in [0.2, 0.25) is 0 Å². The minimum absolute atomic E-state index is 0.259. The van der Waals surface area contributed by atoms with Crippen molar-refractivity contribution in [1.29, 1.82) is 0 Å². The number of methoxy groups -OCH3 is 1. The van der Waals surface area contributed by atoms with E-state index in [-0.39, 0.29) is 19.7 Å². The summed E-state index contributed by atoms with van der Waals surface area (Å²) >= 11 is 0. The minimum Gasteiger partial charge on any atom is -0.495 e. The highest BCUT2D eigenvalue weighted by Gasteiger charge is 2.24. The van der Waals surface area contributed by atoms with Crippen molar-refractivity contribution in [1.82, 2.24) is 5.32 Å². The van der Waals surface area contributed by atoms with Crippen molar-refractivity contribution in [2.45, 2.75) is 20.8 Å². The number of nitrogens with one attached hydrogen (secondary N) is 1. The van der Waals surface area contributed by atoms with Crippen LogP contribution in [-0.4, -0.2) is 47.4 Å². The predicted molar refractivity (Wildman–Crippen MR) is 114 cm³/mol. The van der Waals surface area contributed by atoms with Gasteiger partial charge in [-0.3, -0.25) is 9.10 Å². The molecule has 7 nitrogen and oxygen atoms in total. The van der Waals surface area contributed by atoms with Crippen LogP contribution in [0.15, 0.2) is 36.4 Å². The van der Waals surface area contributed by atoms with Gasteiger partial charge in [-0.2, -0.15) is 0 Å². The van der Waals surface area contributed by atoms with Crippen LogP contribution in [0.4, 0.5) is 5.69 Å². The van der Waals surface area contributed by atoms with Crippen LogP contribution in [0.5, 0.6) is 11.5 Å². The van der Waals surface area contributed by atoms with Crippen molar-refractivity contribution in [2.24, 2.45) is 0 Å². The SMILES string of the molecule is COc1ccc(C)cc1N(CC(=O)NCCOc1cccc(C)c1C)S(C)(=O)=O. The summed E-state index contributed by atoms with van der Waals surface area (Å²) in [6.07, 6.45) is 1.06. The molecule has 1 amide bonds. The molecular weight excluding hydrogens is 392 g/mol. The molecule has 0 radical (unpaired) electrons. The van der Waals surface area contributed by atoms with E-state index in [0.717, 1.165) is 33.0 Å². The van der Waals surface area contributed by atoms with Gasteiger partial charge in [0.2, 0.25) is 15.9 Å². The van der Waals surface area contributed by atoms with E-state index in [4.69, 9.17) is 9.47 Å². The van der Waals surface area contributed by atoms with Crippen molar-refractivity contribution in [3.63, 3.8) is 0 Å². The third-order valence-corrected chi connectivity index (χ3v) is 5.65. The van der Waals surface area contributed by atoms with Crippen molar-refractivity contribution in [3.05, 3.63) is 53.1 Å². The molecule has 2 rings (SSSR count). The molecule has 0 unspecified atom stereocenters. The molecule has 0 bridgehead atoms. The number of ether oxygens (including phenoxy) is 2. The van der Waals surface area contributed by atoms with Gasteiger partial charge in [-0.25, -0.2) is 8.42 Å². The van der Waals surface area contributed by atoms with E-state index in [2.05, 4.69) is 5.32 Å². The fourth-order valence-corrected chi connectivity index (χ4v) is 3.65. The Morgan fingerprint density at radius 3 is 2.48 bits per heavy atom. The summed E-state index contributed by atoms with van der Waals surface area (Å²) in [5.41, 5.74) is 3.37. The Bertz CT molecular complexity index is 973. The Morgan fingerprint density at radius 2 is 1.83 bits per heavy atom. The van der Waals surface area contributed by atoms with E-state index < -0.39 is 15.9 Å². The first-order valence-electron chi connectivity index (χ1n) is 9.21. The number of hydrogen-bond acceptors (Lipinski definition) is 5. The molecule has 0 saturated carbocycles. The van der Waals surface area contributed by atoms with E-state index in [1.165, 1.54) is 7.11 Å². The smallest absolute Gasteiger partial charge is 0.240 e. The van der Waals surface area contributed by atoms with Gasteiger partial charge < -0.3 is 14.8 Å². The maximum absolute atomic E-state index is 12.4. The minimum atomic E-state index is -3.69. The molecule has 1 N–H and O–H groups in total. The summed E-state index contributed by atoms with van der Waals surface area (Å²) in [5.74, 6) is 0.720. The van der Waals surface area contributed by atoms with Gasteiger partial charge in [0.05, 0.1) is 25.6 Å². The van der Waals surface area contributed by atoms with Gasteiger partial charge in [0.15, 0.2) is 0 Å². The quantitative estimate of drug-likeness (QED) is 0.631. The fourth-order valence-electron chi connectivity index (χ4n) is 2.79. The standard InChI is InChI=1S/C21H28N2O5S/c1-15-9-10-20(27-4)18(13-15)23(29(5,25)26)14-21(24)22-11-12-28-19-8-6-7-16(2)17(19)3/h6-10,13H,11-12,14H2,1-5H3,(H,22,24). The lowest BCUT2D eigenvalue weighted by molar-refractivity contribution is -0.119. The molecule has 0 fully saturated rings. The Labute approximate surface area is 172 Å². The lowest BCUT2D eigenvalue weighted by Gasteiger charge is -2.24. The highest BCUT2D eigenvalue weighted by molar-refractivity contribution is 7.92. The molecule has 0 aromatic heterocycles. The fraction of sp³-hybridized carbons (Fsp3) is 0.381. The molecule has 0 aliphatic rings. The average Bonchev–Trinajstić information content (AvgIpc) is 2.65. The number of carbonyl (C=O) groups excluding carboxylic acids is 1. The first kappa shape index (κ1) is 22.5. The summed E-state index contributed by atoms with van der Waals surface area (Å²) in [4.78, 5) is 12.4. The topological polar surface area (TPSA) is 84.9 Å². The highest BCUT2D eigenvalue weighted by Crippen LogP contribution is 2.30. The van der Waals surface area contributed by atoms with Crippen LogP contribution < -0.4 is 19.1 Å². The summed E-state index contributed by atoms with van der Waals surface area (Å²) < 4.78 is 36.6. The molecule has 158 valence electrons. The van der Waals surface area contributed by atoms with Gasteiger partial charge >= 0.3 is 0 Å². The predicted octanol–water partition coefficient (Wildman–Crippen LogP) is 2.58. The van der Waals surface area contributed by atoms with Crippen molar-refractivity contribution in [3.8, 4) is 11.5 Å². The number of sulfonamides is 1. The van der Waals surface area contributed by atoms with Gasteiger partial charge in [0, 0.05) is 0 Å². The normalized spacial score (nSPS) is 11.1. The zero-order valence-corrected chi connectivity index (χ0v) is 18.3. The molecule has 0 saturated heterocycles. The molecule has 8 heteroatoms. The van der Waals surface area contributed by atoms with Crippen LogP contribution in [-0.2, 0) is 14.8 Å². The number of rotatable bonds is 9. The second-order valence-corrected chi connectivity index (χ2v) is 8.75. The van der Waals surface area contributed by atoms with Gasteiger partial charge in [-0.05, 0) is 55.7 Å². The number of carbonyl (C=O) groups is 1. The number of amides is 1. The van der Waals surface area contributed by atoms with E-state index in [1.807, 2.05) is 45.0 Å². The molecule has 2 aromatic rings. The van der Waals surface area contributed by atoms with E-state index in [1.54, 1.807) is 12.1 Å². The Morgan fingerprint density at radius 1 is 1.10 bits per heavy atom. The van der Waals surface area contributed by atoms with Crippen LogP contribution in [0, 0.1) is 20.8 Å². The van der Waals surface area contributed by atoms with Crippen molar-refractivity contribution in [2.75, 3.05) is 37.4 Å². The number of aryl methyl sites for hydroxylation is 2. The lowest BCUT2D eigenvalue weighted by Crippen LogP contribution is -2.41. The van der Waals surface area contributed by atoms with E-state index in [0.29, 0.717) is 11.4 Å². The zero-order valence-electron chi connectivity index (χ0n) is 17.5. The molecule has 0 spiro atoms. The van der Waals surface area contributed by atoms with Crippen molar-refractivity contribution >= 4 is 21.6 Å². The average molecular weight is 421 g/mol. The summed E-state index contributed by atoms with van der Waals surface area (Å²) in [6, 6.07) is 11.0. The largest absolute Gasteiger partial charge is 0.495 e. The maximum Gasteiger partial charge on any atom is 0.240 e. The summed E-state index contributed by atoms with van der Waals surface area (Å²) in [6.45, 7) is 6.01. The lowest BCUT2D eigenvalue weighted by atomic mass is 10.1. The molecule has 29 heavy (non-hydrogen) atoms. The van der Waals surface area contributed by atoms with Crippen LogP contribution in [0.25, 0.3) is 0 Å². The van der Waals surface area contributed by atoms with Gasteiger partial charge in [-0.1, -0.05) is 18.2 Å². The van der Waals surface area contributed by atoms with E-state index >= 15 is 0 Å². The Balaban J connectivity index is 2.01. The van der Waals surface area contributed by atoms with Crippen LogP contribution >= 0.6 is 0 Å². The van der Waals surface area contributed by atoms with Gasteiger partial charge in [-0.15, -0.1) is 0 Å². The van der Waals surface area contributed by atoms with Gasteiger partial charge in [0.25, 0.3) is 0 Å². The molecule has 0 heterocycles. The first-order chi connectivity index (χ1) is 13.6. The Kier molecular flexibility index (Phi) is 7.50. The van der Waals surface area contributed by atoms with Crippen molar-refractivity contribution < 1.29 is 22.7 Å². The molecular formula is C21H28N2O5S. The highest BCUT2D eigenvalue weighted by atomic mass is 32.2. The summed E-state index contributed by atoms with van der Waals surface area (Å²) in [5, 5.41) is 2.70. The molecule has 0 aliphatic carbocycles. The zero-order chi connectivity index (χ0) is 21.6. The molecule has 0 atom stereocenters. The van der Waals surface area contributed by atoms with Gasteiger partial charge in [0.1, 0.15) is 24.7 Å². The third kappa shape index (κ3) is 6.12. The second kappa shape index (κ2) is 9.65. The van der Waals surface area contributed by atoms with Crippen LogP contribution in [0.1, 0.15) is 16.7 Å². The number of nitrogens with zero attached hydrogens (tertiary/aromatic N) is 1. The molecule has 0 aliphatic heterocycles. The number of hydrogen-bond donors (Lipinski definition) is 1. The molecule has 2 aromatic carbocycles. The van der Waals surface area contributed by atoms with Crippen LogP contribution in [0.3, 0.4) is 0 Å². The second-order valence-electron chi connectivity index (χ2n) is 6.84. The monoisotopic (exact) mass is 420 g/mol. The Hall–Kier alpha value is -2.74.